The summed E-state index contributed by atoms with van der Waals surface area (Å²) in [6, 6.07) is 14.3. The number of benzene rings is 2. The quantitative estimate of drug-likeness (QED) is 0.482. The molecule has 0 aliphatic heterocycles. The molecule has 3 amide bonds. The maximum atomic E-state index is 13.0. The van der Waals surface area contributed by atoms with Crippen LogP contribution < -0.4 is 16.8 Å². The topological polar surface area (TPSA) is 120 Å². The van der Waals surface area contributed by atoms with E-state index in [-0.39, 0.29) is 24.7 Å². The molecule has 2 aromatic carbocycles. The van der Waals surface area contributed by atoms with Crippen molar-refractivity contribution in [2.45, 2.75) is 51.1 Å². The lowest BCUT2D eigenvalue weighted by atomic mass is 9.78. The third-order valence-corrected chi connectivity index (χ3v) is 7.12. The lowest BCUT2D eigenvalue weighted by Gasteiger charge is -2.36. The fourth-order valence-corrected chi connectivity index (χ4v) is 5.35. The molecule has 0 radical (unpaired) electrons. The Labute approximate surface area is 203 Å². The molecule has 5 N–H and O–H groups in total. The minimum absolute atomic E-state index is 0.0180. The normalized spacial score (nSPS) is 18.5. The molecule has 0 saturated carbocycles. The fraction of sp³-hybridized carbons (Fsp3) is 0.346. The van der Waals surface area contributed by atoms with E-state index in [1.165, 1.54) is 0 Å². The molecule has 3 aromatic rings. The fourth-order valence-electron chi connectivity index (χ4n) is 5.15. The predicted molar refractivity (Wildman–Crippen MR) is 132 cm³/mol. The molecule has 1 aliphatic rings. The van der Waals surface area contributed by atoms with E-state index in [9.17, 15) is 14.4 Å². The Bertz CT molecular complexity index is 1280. The van der Waals surface area contributed by atoms with Gasteiger partial charge in [-0.15, -0.1) is 0 Å². The number of carbonyl (C=O) groups excluding carboxylic acids is 3. The molecule has 4 rings (SSSR count). The number of amides is 3. The van der Waals surface area contributed by atoms with Crippen molar-refractivity contribution in [2.75, 3.05) is 0 Å². The van der Waals surface area contributed by atoms with Gasteiger partial charge < -0.3 is 21.4 Å². The van der Waals surface area contributed by atoms with Crippen molar-refractivity contribution in [3.63, 3.8) is 0 Å². The highest BCUT2D eigenvalue weighted by molar-refractivity contribution is 6.31. The lowest BCUT2D eigenvalue weighted by Crippen LogP contribution is -2.60. The first-order chi connectivity index (χ1) is 16.1. The van der Waals surface area contributed by atoms with E-state index in [4.69, 9.17) is 23.1 Å². The standard InChI is InChI=1S/C26H29ClN4O3/c1-15(2)23(24(28)33)31-20-10-6-4-8-17(20)18-14-26(25(29)34,12-11-21(18)31)30-22(32)13-16-7-3-5-9-19(16)27/h3-10,15,23H,11-14H2,1-2H3,(H2,28,33)(H2,29,34)(H,30,32)/t23-,26+/m0/s1. The number of rotatable bonds is 7. The van der Waals surface area contributed by atoms with Gasteiger partial charge in [0.05, 0.1) is 6.42 Å². The zero-order chi connectivity index (χ0) is 24.6. The van der Waals surface area contributed by atoms with Gasteiger partial charge in [0.15, 0.2) is 0 Å². The Hall–Kier alpha value is -3.32. The molecule has 8 heteroatoms. The van der Waals surface area contributed by atoms with Crippen LogP contribution in [-0.2, 0) is 33.6 Å². The highest BCUT2D eigenvalue weighted by Crippen LogP contribution is 2.39. The van der Waals surface area contributed by atoms with Crippen molar-refractivity contribution < 1.29 is 14.4 Å². The summed E-state index contributed by atoms with van der Waals surface area (Å²) in [4.78, 5) is 38.1. The van der Waals surface area contributed by atoms with Gasteiger partial charge in [-0.2, -0.15) is 0 Å². The number of hydrogen-bond acceptors (Lipinski definition) is 3. The first-order valence-electron chi connectivity index (χ1n) is 11.4. The molecule has 0 unspecified atom stereocenters. The zero-order valence-electron chi connectivity index (χ0n) is 19.3. The van der Waals surface area contributed by atoms with Crippen molar-refractivity contribution >= 4 is 40.2 Å². The number of aromatic nitrogens is 1. The molecule has 7 nitrogen and oxygen atoms in total. The van der Waals surface area contributed by atoms with E-state index in [0.29, 0.717) is 23.4 Å². The molecule has 2 atom stereocenters. The highest BCUT2D eigenvalue weighted by atomic mass is 35.5. The molecule has 0 spiro atoms. The van der Waals surface area contributed by atoms with Gasteiger partial charge in [0.2, 0.25) is 17.7 Å². The minimum Gasteiger partial charge on any atom is -0.368 e. The number of halogens is 1. The van der Waals surface area contributed by atoms with Crippen molar-refractivity contribution in [3.05, 3.63) is 70.4 Å². The number of para-hydroxylation sites is 1. The third-order valence-electron chi connectivity index (χ3n) is 6.76. The van der Waals surface area contributed by atoms with Crippen LogP contribution in [0.1, 0.15) is 43.1 Å². The van der Waals surface area contributed by atoms with Crippen LogP contribution in [0.4, 0.5) is 0 Å². The van der Waals surface area contributed by atoms with Gasteiger partial charge in [-0.25, -0.2) is 0 Å². The molecule has 0 bridgehead atoms. The number of hydrogen-bond donors (Lipinski definition) is 3. The van der Waals surface area contributed by atoms with Crippen LogP contribution in [0, 0.1) is 5.92 Å². The van der Waals surface area contributed by atoms with Crippen LogP contribution in [0.5, 0.6) is 0 Å². The molecular weight excluding hydrogens is 452 g/mol. The first kappa shape index (κ1) is 23.8. The van der Waals surface area contributed by atoms with Crippen molar-refractivity contribution in [2.24, 2.45) is 17.4 Å². The Kier molecular flexibility index (Phi) is 6.41. The summed E-state index contributed by atoms with van der Waals surface area (Å²) in [6.07, 6.45) is 1.07. The van der Waals surface area contributed by atoms with E-state index in [0.717, 1.165) is 22.2 Å². The molecule has 34 heavy (non-hydrogen) atoms. The average Bonchev–Trinajstić information content (AvgIpc) is 3.08. The Balaban J connectivity index is 1.74. The summed E-state index contributed by atoms with van der Waals surface area (Å²) in [6.45, 7) is 3.92. The first-order valence-corrected chi connectivity index (χ1v) is 11.8. The Morgan fingerprint density at radius 3 is 2.41 bits per heavy atom. The third kappa shape index (κ3) is 4.16. The molecule has 0 saturated heterocycles. The summed E-state index contributed by atoms with van der Waals surface area (Å²) >= 11 is 6.21. The monoisotopic (exact) mass is 480 g/mol. The number of fused-ring (bicyclic) bond motifs is 3. The van der Waals surface area contributed by atoms with Crippen molar-refractivity contribution in [3.8, 4) is 0 Å². The molecule has 1 heterocycles. The molecule has 1 aliphatic carbocycles. The summed E-state index contributed by atoms with van der Waals surface area (Å²) in [5.41, 5.74) is 13.9. The summed E-state index contributed by atoms with van der Waals surface area (Å²) in [5, 5.41) is 4.34. The molecular formula is C26H29ClN4O3. The number of nitrogens with two attached hydrogens (primary N) is 2. The van der Waals surface area contributed by atoms with Gasteiger partial charge in [0.1, 0.15) is 11.6 Å². The van der Waals surface area contributed by atoms with Crippen LogP contribution in [0.2, 0.25) is 5.02 Å². The highest BCUT2D eigenvalue weighted by Gasteiger charge is 2.44. The van der Waals surface area contributed by atoms with Gasteiger partial charge in [-0.05, 0) is 42.0 Å². The van der Waals surface area contributed by atoms with Crippen LogP contribution in [0.3, 0.4) is 0 Å². The Morgan fingerprint density at radius 1 is 1.09 bits per heavy atom. The van der Waals surface area contributed by atoms with Crippen molar-refractivity contribution in [1.82, 2.24) is 9.88 Å². The maximum absolute atomic E-state index is 13.0. The summed E-state index contributed by atoms with van der Waals surface area (Å²) < 4.78 is 2.01. The maximum Gasteiger partial charge on any atom is 0.243 e. The van der Waals surface area contributed by atoms with Gasteiger partial charge in [0.25, 0.3) is 0 Å². The van der Waals surface area contributed by atoms with Gasteiger partial charge in [-0.1, -0.05) is 61.8 Å². The van der Waals surface area contributed by atoms with E-state index >= 15 is 0 Å². The largest absolute Gasteiger partial charge is 0.368 e. The average molecular weight is 481 g/mol. The van der Waals surface area contributed by atoms with Gasteiger partial charge >= 0.3 is 0 Å². The summed E-state index contributed by atoms with van der Waals surface area (Å²) in [7, 11) is 0. The van der Waals surface area contributed by atoms with Crippen LogP contribution in [0.25, 0.3) is 10.9 Å². The minimum atomic E-state index is -1.24. The Morgan fingerprint density at radius 2 is 1.76 bits per heavy atom. The second-order valence-corrected chi connectivity index (χ2v) is 9.75. The number of carbonyl (C=O) groups is 3. The van der Waals surface area contributed by atoms with Crippen LogP contribution in [-0.4, -0.2) is 27.8 Å². The zero-order valence-corrected chi connectivity index (χ0v) is 20.1. The number of nitrogens with one attached hydrogen (secondary N) is 1. The SMILES string of the molecule is CC(C)[C@@H](C(N)=O)n1c2c(c3ccccc31)C[C@@](NC(=O)Cc1ccccc1Cl)(C(N)=O)CC2. The summed E-state index contributed by atoms with van der Waals surface area (Å²) in [5.74, 6) is -1.33. The second-order valence-electron chi connectivity index (χ2n) is 9.34. The van der Waals surface area contributed by atoms with Crippen LogP contribution >= 0.6 is 11.6 Å². The van der Waals surface area contributed by atoms with Gasteiger partial charge in [-0.3, -0.25) is 14.4 Å². The molecule has 0 fully saturated rings. The van der Waals surface area contributed by atoms with Crippen molar-refractivity contribution in [1.29, 1.82) is 0 Å². The predicted octanol–water partition coefficient (Wildman–Crippen LogP) is 3.05. The van der Waals surface area contributed by atoms with Gasteiger partial charge in [0, 0.05) is 28.0 Å². The molecule has 1 aromatic heterocycles. The lowest BCUT2D eigenvalue weighted by molar-refractivity contribution is -0.131. The van der Waals surface area contributed by atoms with E-state index in [1.807, 2.05) is 48.7 Å². The number of primary amides is 2. The number of nitrogens with zero attached hydrogens (tertiary/aromatic N) is 1. The van der Waals surface area contributed by atoms with E-state index in [1.54, 1.807) is 18.2 Å². The van der Waals surface area contributed by atoms with Crippen LogP contribution in [0.15, 0.2) is 48.5 Å². The van der Waals surface area contributed by atoms with E-state index in [2.05, 4.69) is 5.32 Å². The van der Waals surface area contributed by atoms with E-state index < -0.39 is 23.4 Å². The second kappa shape index (κ2) is 9.14. The smallest absolute Gasteiger partial charge is 0.243 e. The molecule has 178 valence electrons.